The van der Waals surface area contributed by atoms with Gasteiger partial charge < -0.3 is 10.4 Å². The lowest BCUT2D eigenvalue weighted by molar-refractivity contribution is 0.102. The standard InChI is InChI=1S/C12H12ClN3O2/c1-2-8-6-11(16-15-8)14-12(18)9-5-7(13)3-4-10(9)17/h3-6,17H,2H2,1H3,(H2,14,15,16,18). The number of rotatable bonds is 3. The highest BCUT2D eigenvalue weighted by molar-refractivity contribution is 6.31. The number of anilines is 1. The van der Waals surface area contributed by atoms with Crippen LogP contribution in [0, 0.1) is 0 Å². The Kier molecular flexibility index (Phi) is 3.53. The molecule has 3 N–H and O–H groups in total. The van der Waals surface area contributed by atoms with Crippen molar-refractivity contribution in [3.8, 4) is 5.75 Å². The summed E-state index contributed by atoms with van der Waals surface area (Å²) in [6, 6.07) is 6.02. The second-order valence-corrected chi connectivity index (χ2v) is 4.18. The number of hydrogen-bond acceptors (Lipinski definition) is 3. The molecule has 94 valence electrons. The number of carbonyl (C=O) groups is 1. The summed E-state index contributed by atoms with van der Waals surface area (Å²) in [4.78, 5) is 11.9. The lowest BCUT2D eigenvalue weighted by Crippen LogP contribution is -2.12. The van der Waals surface area contributed by atoms with Crippen LogP contribution in [0.25, 0.3) is 0 Å². The molecule has 5 nitrogen and oxygen atoms in total. The number of aromatic amines is 1. The highest BCUT2D eigenvalue weighted by atomic mass is 35.5. The van der Waals surface area contributed by atoms with Crippen molar-refractivity contribution in [1.82, 2.24) is 10.2 Å². The molecule has 2 aromatic rings. The third kappa shape index (κ3) is 2.62. The summed E-state index contributed by atoms with van der Waals surface area (Å²) in [6.07, 6.45) is 0.797. The molecule has 1 aromatic carbocycles. The highest BCUT2D eigenvalue weighted by Gasteiger charge is 2.13. The van der Waals surface area contributed by atoms with E-state index in [1.807, 2.05) is 6.92 Å². The Bertz CT molecular complexity index is 580. The lowest BCUT2D eigenvalue weighted by atomic mass is 10.2. The molecule has 0 radical (unpaired) electrons. The Hall–Kier alpha value is -2.01. The molecule has 0 unspecified atom stereocenters. The minimum absolute atomic E-state index is 0.114. The van der Waals surface area contributed by atoms with E-state index in [1.165, 1.54) is 18.2 Å². The van der Waals surface area contributed by atoms with Gasteiger partial charge in [0.05, 0.1) is 5.56 Å². The zero-order valence-electron chi connectivity index (χ0n) is 9.70. The van der Waals surface area contributed by atoms with Crippen molar-refractivity contribution in [2.45, 2.75) is 13.3 Å². The Morgan fingerprint density at radius 3 is 2.94 bits per heavy atom. The molecule has 0 saturated heterocycles. The van der Waals surface area contributed by atoms with E-state index in [1.54, 1.807) is 6.07 Å². The first-order valence-electron chi connectivity index (χ1n) is 5.44. The van der Waals surface area contributed by atoms with E-state index >= 15 is 0 Å². The number of aromatic nitrogens is 2. The monoisotopic (exact) mass is 265 g/mol. The fourth-order valence-corrected chi connectivity index (χ4v) is 1.65. The van der Waals surface area contributed by atoms with E-state index < -0.39 is 5.91 Å². The molecule has 0 fully saturated rings. The maximum atomic E-state index is 11.9. The second-order valence-electron chi connectivity index (χ2n) is 3.75. The largest absolute Gasteiger partial charge is 0.507 e. The molecule has 6 heteroatoms. The number of nitrogens with zero attached hydrogens (tertiary/aromatic N) is 1. The summed E-state index contributed by atoms with van der Waals surface area (Å²) in [5.74, 6) is -0.163. The molecule has 1 amide bonds. The van der Waals surface area contributed by atoms with E-state index in [2.05, 4.69) is 15.5 Å². The normalized spacial score (nSPS) is 10.3. The number of amides is 1. The van der Waals surface area contributed by atoms with Crippen LogP contribution in [0.3, 0.4) is 0 Å². The van der Waals surface area contributed by atoms with Gasteiger partial charge in [0.1, 0.15) is 5.75 Å². The maximum Gasteiger partial charge on any atom is 0.260 e. The molecular formula is C12H12ClN3O2. The van der Waals surface area contributed by atoms with Crippen molar-refractivity contribution in [2.24, 2.45) is 0 Å². The van der Waals surface area contributed by atoms with Gasteiger partial charge in [-0.25, -0.2) is 0 Å². The molecule has 0 aliphatic carbocycles. The summed E-state index contributed by atoms with van der Waals surface area (Å²) in [6.45, 7) is 1.97. The van der Waals surface area contributed by atoms with Gasteiger partial charge in [-0.05, 0) is 24.6 Å². The predicted octanol–water partition coefficient (Wildman–Crippen LogP) is 2.58. The predicted molar refractivity (Wildman–Crippen MR) is 69.0 cm³/mol. The molecule has 0 aliphatic heterocycles. The van der Waals surface area contributed by atoms with E-state index in [-0.39, 0.29) is 11.3 Å². The minimum atomic E-state index is -0.454. The Morgan fingerprint density at radius 2 is 2.28 bits per heavy atom. The zero-order valence-corrected chi connectivity index (χ0v) is 10.5. The first-order chi connectivity index (χ1) is 8.60. The van der Waals surface area contributed by atoms with Crippen molar-refractivity contribution < 1.29 is 9.90 Å². The smallest absolute Gasteiger partial charge is 0.260 e. The van der Waals surface area contributed by atoms with Crippen molar-refractivity contribution in [3.63, 3.8) is 0 Å². The topological polar surface area (TPSA) is 78.0 Å². The van der Waals surface area contributed by atoms with Crippen molar-refractivity contribution >= 4 is 23.3 Å². The van der Waals surface area contributed by atoms with Crippen LogP contribution in [0.5, 0.6) is 5.75 Å². The number of phenols is 1. The molecular weight excluding hydrogens is 254 g/mol. The van der Waals surface area contributed by atoms with Gasteiger partial charge >= 0.3 is 0 Å². The number of aryl methyl sites for hydroxylation is 1. The molecule has 1 heterocycles. The quantitative estimate of drug-likeness (QED) is 0.798. The van der Waals surface area contributed by atoms with E-state index in [0.717, 1.165) is 12.1 Å². The summed E-state index contributed by atoms with van der Waals surface area (Å²) >= 11 is 5.78. The lowest BCUT2D eigenvalue weighted by Gasteiger charge is -2.04. The van der Waals surface area contributed by atoms with E-state index in [9.17, 15) is 9.90 Å². The number of H-pyrrole nitrogens is 1. The summed E-state index contributed by atoms with van der Waals surface area (Å²) in [5.41, 5.74) is 1.03. The third-order valence-electron chi connectivity index (χ3n) is 2.46. The van der Waals surface area contributed by atoms with Gasteiger partial charge in [0, 0.05) is 16.8 Å². The number of carbonyl (C=O) groups excluding carboxylic acids is 1. The summed E-state index contributed by atoms with van der Waals surface area (Å²) in [7, 11) is 0. The van der Waals surface area contributed by atoms with Gasteiger partial charge in [-0.3, -0.25) is 9.89 Å². The zero-order chi connectivity index (χ0) is 13.1. The highest BCUT2D eigenvalue weighted by Crippen LogP contribution is 2.22. The molecule has 0 spiro atoms. The number of phenolic OH excluding ortho intramolecular Hbond substituents is 1. The van der Waals surface area contributed by atoms with Crippen LogP contribution in [0.2, 0.25) is 5.02 Å². The van der Waals surface area contributed by atoms with E-state index in [4.69, 9.17) is 11.6 Å². The molecule has 0 saturated carbocycles. The number of halogens is 1. The summed E-state index contributed by atoms with van der Waals surface area (Å²) < 4.78 is 0. The van der Waals surface area contributed by atoms with Gasteiger partial charge in [0.15, 0.2) is 5.82 Å². The van der Waals surface area contributed by atoms with Crippen LogP contribution in [-0.4, -0.2) is 21.2 Å². The minimum Gasteiger partial charge on any atom is -0.507 e. The van der Waals surface area contributed by atoms with Gasteiger partial charge in [0.2, 0.25) is 0 Å². The molecule has 0 bridgehead atoms. The van der Waals surface area contributed by atoms with E-state index in [0.29, 0.717) is 10.8 Å². The summed E-state index contributed by atoms with van der Waals surface area (Å²) in [5, 5.41) is 19.3. The van der Waals surface area contributed by atoms with Gasteiger partial charge in [-0.1, -0.05) is 18.5 Å². The number of benzene rings is 1. The SMILES string of the molecule is CCc1cc(NC(=O)c2cc(Cl)ccc2O)n[nH]1. The molecule has 1 aromatic heterocycles. The van der Waals surface area contributed by atoms with Crippen LogP contribution in [0.15, 0.2) is 24.3 Å². The average molecular weight is 266 g/mol. The van der Waals surface area contributed by atoms with Crippen LogP contribution in [0.1, 0.15) is 23.0 Å². The molecule has 0 aliphatic rings. The fourth-order valence-electron chi connectivity index (χ4n) is 1.48. The molecule has 0 atom stereocenters. The molecule has 2 rings (SSSR count). The Balaban J connectivity index is 2.19. The average Bonchev–Trinajstić information content (AvgIpc) is 2.80. The van der Waals surface area contributed by atoms with Crippen LogP contribution in [0.4, 0.5) is 5.82 Å². The van der Waals surface area contributed by atoms with Crippen molar-refractivity contribution in [3.05, 3.63) is 40.5 Å². The number of nitrogens with one attached hydrogen (secondary N) is 2. The Morgan fingerprint density at radius 1 is 1.50 bits per heavy atom. The first-order valence-corrected chi connectivity index (χ1v) is 5.82. The first kappa shape index (κ1) is 12.4. The van der Waals surface area contributed by atoms with Gasteiger partial charge in [-0.15, -0.1) is 0 Å². The number of hydrogen-bond donors (Lipinski definition) is 3. The van der Waals surface area contributed by atoms with Crippen molar-refractivity contribution in [2.75, 3.05) is 5.32 Å². The van der Waals surface area contributed by atoms with Gasteiger partial charge in [-0.2, -0.15) is 5.10 Å². The fraction of sp³-hybridized carbons (Fsp3) is 0.167. The Labute approximate surface area is 109 Å². The van der Waals surface area contributed by atoms with Crippen molar-refractivity contribution in [1.29, 1.82) is 0 Å². The van der Waals surface area contributed by atoms with Gasteiger partial charge in [0.25, 0.3) is 5.91 Å². The molecule has 18 heavy (non-hydrogen) atoms. The third-order valence-corrected chi connectivity index (χ3v) is 2.69. The number of aromatic hydroxyl groups is 1. The van der Waals surface area contributed by atoms with Crippen LogP contribution in [-0.2, 0) is 6.42 Å². The maximum absolute atomic E-state index is 11.9. The second kappa shape index (κ2) is 5.10. The van der Waals surface area contributed by atoms with Crippen LogP contribution < -0.4 is 5.32 Å². The van der Waals surface area contributed by atoms with Crippen LogP contribution >= 0.6 is 11.6 Å².